The Balaban J connectivity index is 1.53. The minimum Gasteiger partial charge on any atom is -0.493 e. The van der Waals surface area contributed by atoms with Crippen molar-refractivity contribution in [3.63, 3.8) is 0 Å². The highest BCUT2D eigenvalue weighted by atomic mass is 16.5. The van der Waals surface area contributed by atoms with Gasteiger partial charge in [-0.15, -0.1) is 5.10 Å². The number of carbonyl (C=O) groups excluding carboxylic acids is 2. The van der Waals surface area contributed by atoms with Crippen LogP contribution >= 0.6 is 0 Å². The number of aromatic nitrogens is 3. The molecule has 9 heteroatoms. The Bertz CT molecular complexity index is 969. The maximum absolute atomic E-state index is 12.0. The van der Waals surface area contributed by atoms with Gasteiger partial charge in [0.1, 0.15) is 12.1 Å². The zero-order valence-corrected chi connectivity index (χ0v) is 14.8. The molecule has 2 aromatic carbocycles. The molecule has 1 amide bonds. The Kier molecular flexibility index (Phi) is 5.50. The predicted molar refractivity (Wildman–Crippen MR) is 96.7 cm³/mol. The van der Waals surface area contributed by atoms with E-state index in [0.717, 1.165) is 0 Å². The lowest BCUT2D eigenvalue weighted by Crippen LogP contribution is -2.23. The summed E-state index contributed by atoms with van der Waals surface area (Å²) >= 11 is 0. The van der Waals surface area contributed by atoms with Crippen LogP contribution in [-0.2, 0) is 20.9 Å². The molecular weight excluding hydrogens is 352 g/mol. The Morgan fingerprint density at radius 1 is 1.07 bits per heavy atom. The first kappa shape index (κ1) is 18.2. The van der Waals surface area contributed by atoms with Crippen LogP contribution in [0.25, 0.3) is 11.0 Å². The van der Waals surface area contributed by atoms with Gasteiger partial charge in [0.25, 0.3) is 5.91 Å². The van der Waals surface area contributed by atoms with E-state index >= 15 is 0 Å². The summed E-state index contributed by atoms with van der Waals surface area (Å²) in [6.07, 6.45) is 0. The van der Waals surface area contributed by atoms with Crippen LogP contribution in [0.2, 0.25) is 0 Å². The highest BCUT2D eigenvalue weighted by molar-refractivity contribution is 5.93. The van der Waals surface area contributed by atoms with Gasteiger partial charge in [0.15, 0.2) is 18.1 Å². The molecule has 0 saturated heterocycles. The Morgan fingerprint density at radius 3 is 2.63 bits per heavy atom. The van der Waals surface area contributed by atoms with E-state index in [2.05, 4.69) is 15.6 Å². The Labute approximate surface area is 154 Å². The number of benzene rings is 2. The fourth-order valence-electron chi connectivity index (χ4n) is 2.46. The van der Waals surface area contributed by atoms with Gasteiger partial charge in [-0.3, -0.25) is 9.59 Å². The third-order valence-electron chi connectivity index (χ3n) is 3.73. The van der Waals surface area contributed by atoms with E-state index in [-0.39, 0.29) is 6.54 Å². The second-order valence-electron chi connectivity index (χ2n) is 5.51. The van der Waals surface area contributed by atoms with Crippen molar-refractivity contribution in [1.29, 1.82) is 0 Å². The van der Waals surface area contributed by atoms with E-state index in [9.17, 15) is 9.59 Å². The zero-order chi connectivity index (χ0) is 19.2. The third-order valence-corrected chi connectivity index (χ3v) is 3.73. The number of methoxy groups -OCH3 is 2. The van der Waals surface area contributed by atoms with Gasteiger partial charge in [-0.2, -0.15) is 0 Å². The average Bonchev–Trinajstić information content (AvgIpc) is 3.09. The highest BCUT2D eigenvalue weighted by Gasteiger charge is 2.12. The van der Waals surface area contributed by atoms with E-state index in [1.165, 1.54) is 18.9 Å². The minimum atomic E-state index is -0.590. The summed E-state index contributed by atoms with van der Waals surface area (Å²) in [5, 5.41) is 10.5. The van der Waals surface area contributed by atoms with E-state index in [0.29, 0.717) is 28.2 Å². The Hall–Kier alpha value is -3.62. The number of amides is 1. The van der Waals surface area contributed by atoms with Gasteiger partial charge in [-0.1, -0.05) is 17.3 Å². The number of rotatable bonds is 7. The van der Waals surface area contributed by atoms with E-state index in [4.69, 9.17) is 14.2 Å². The van der Waals surface area contributed by atoms with Crippen LogP contribution in [0, 0.1) is 0 Å². The molecule has 0 atom stereocenters. The SMILES string of the molecule is COc1ccc(NC(=O)COC(=O)Cn2nnc3ccccc32)cc1OC. The topological polar surface area (TPSA) is 105 Å². The maximum atomic E-state index is 12.0. The number of anilines is 1. The molecular formula is C18H18N4O5. The number of hydrogen-bond acceptors (Lipinski definition) is 7. The summed E-state index contributed by atoms with van der Waals surface area (Å²) in [4.78, 5) is 24.0. The van der Waals surface area contributed by atoms with E-state index in [1.807, 2.05) is 12.1 Å². The number of nitrogens with zero attached hydrogens (tertiary/aromatic N) is 3. The van der Waals surface area contributed by atoms with E-state index in [1.54, 1.807) is 30.3 Å². The Morgan fingerprint density at radius 2 is 1.85 bits per heavy atom. The summed E-state index contributed by atoms with van der Waals surface area (Å²) in [6, 6.07) is 12.2. The lowest BCUT2D eigenvalue weighted by atomic mass is 10.2. The number of esters is 1. The van der Waals surface area contributed by atoms with Crippen molar-refractivity contribution < 1.29 is 23.8 Å². The monoisotopic (exact) mass is 370 g/mol. The summed E-state index contributed by atoms with van der Waals surface area (Å²) in [7, 11) is 3.02. The van der Waals surface area contributed by atoms with Crippen molar-refractivity contribution >= 4 is 28.6 Å². The van der Waals surface area contributed by atoms with Crippen molar-refractivity contribution in [3.8, 4) is 11.5 Å². The van der Waals surface area contributed by atoms with E-state index < -0.39 is 18.5 Å². The standard InChI is InChI=1S/C18H18N4O5/c1-25-15-8-7-12(9-16(15)26-2)19-17(23)11-27-18(24)10-22-14-6-4-3-5-13(14)20-21-22/h3-9H,10-11H2,1-2H3,(H,19,23). The van der Waals surface area contributed by atoms with Crippen molar-refractivity contribution in [1.82, 2.24) is 15.0 Å². The molecule has 27 heavy (non-hydrogen) atoms. The van der Waals surface area contributed by atoms with Gasteiger partial charge in [0.05, 0.1) is 19.7 Å². The second-order valence-corrected chi connectivity index (χ2v) is 5.51. The molecule has 0 fully saturated rings. The first-order chi connectivity index (χ1) is 13.1. The fourth-order valence-corrected chi connectivity index (χ4v) is 2.46. The predicted octanol–water partition coefficient (Wildman–Crippen LogP) is 1.63. The molecule has 3 rings (SSSR count). The van der Waals surface area contributed by atoms with Crippen LogP contribution in [-0.4, -0.2) is 47.7 Å². The van der Waals surface area contributed by atoms with Crippen molar-refractivity contribution in [2.24, 2.45) is 0 Å². The fraction of sp³-hybridized carbons (Fsp3) is 0.222. The molecule has 3 aromatic rings. The second kappa shape index (κ2) is 8.17. The zero-order valence-electron chi connectivity index (χ0n) is 14.8. The lowest BCUT2D eigenvalue weighted by molar-refractivity contribution is -0.148. The number of ether oxygens (including phenoxy) is 3. The molecule has 0 unspecified atom stereocenters. The number of nitrogens with one attached hydrogen (secondary N) is 1. The molecule has 1 heterocycles. The first-order valence-corrected chi connectivity index (χ1v) is 8.06. The van der Waals surface area contributed by atoms with Crippen LogP contribution < -0.4 is 14.8 Å². The van der Waals surface area contributed by atoms with Crippen LogP contribution in [0.3, 0.4) is 0 Å². The van der Waals surface area contributed by atoms with Crippen LogP contribution in [0.15, 0.2) is 42.5 Å². The lowest BCUT2D eigenvalue weighted by Gasteiger charge is -2.11. The largest absolute Gasteiger partial charge is 0.493 e. The summed E-state index contributed by atoms with van der Waals surface area (Å²) in [5.74, 6) is -0.0422. The molecule has 0 saturated carbocycles. The van der Waals surface area contributed by atoms with Crippen molar-refractivity contribution in [3.05, 3.63) is 42.5 Å². The van der Waals surface area contributed by atoms with Crippen LogP contribution in [0.1, 0.15) is 0 Å². The van der Waals surface area contributed by atoms with Crippen molar-refractivity contribution in [2.45, 2.75) is 6.54 Å². The molecule has 0 aliphatic carbocycles. The smallest absolute Gasteiger partial charge is 0.328 e. The summed E-state index contributed by atoms with van der Waals surface area (Å²) in [6.45, 7) is -0.552. The number of hydrogen-bond donors (Lipinski definition) is 1. The number of carbonyl (C=O) groups is 2. The van der Waals surface area contributed by atoms with Gasteiger partial charge in [-0.05, 0) is 24.3 Å². The number of para-hydroxylation sites is 1. The van der Waals surface area contributed by atoms with Gasteiger partial charge < -0.3 is 19.5 Å². The molecule has 9 nitrogen and oxygen atoms in total. The third kappa shape index (κ3) is 4.32. The van der Waals surface area contributed by atoms with Crippen LogP contribution in [0.4, 0.5) is 5.69 Å². The van der Waals surface area contributed by atoms with Gasteiger partial charge >= 0.3 is 5.97 Å². The molecule has 0 aliphatic heterocycles. The molecule has 0 spiro atoms. The molecule has 0 bridgehead atoms. The molecule has 0 aliphatic rings. The molecule has 1 N–H and O–H groups in total. The van der Waals surface area contributed by atoms with Crippen molar-refractivity contribution in [2.75, 3.05) is 26.1 Å². The molecule has 0 radical (unpaired) electrons. The molecule has 140 valence electrons. The quantitative estimate of drug-likeness (QED) is 0.630. The minimum absolute atomic E-state index is 0.135. The normalized spacial score (nSPS) is 10.4. The highest BCUT2D eigenvalue weighted by Crippen LogP contribution is 2.29. The van der Waals surface area contributed by atoms with Gasteiger partial charge in [0.2, 0.25) is 0 Å². The average molecular weight is 370 g/mol. The number of fused-ring (bicyclic) bond motifs is 1. The maximum Gasteiger partial charge on any atom is 0.328 e. The summed E-state index contributed by atoms with van der Waals surface area (Å²) in [5.41, 5.74) is 1.89. The summed E-state index contributed by atoms with van der Waals surface area (Å²) < 4.78 is 16.7. The first-order valence-electron chi connectivity index (χ1n) is 8.06. The molecule has 1 aromatic heterocycles. The van der Waals surface area contributed by atoms with Gasteiger partial charge in [0, 0.05) is 11.8 Å². The van der Waals surface area contributed by atoms with Gasteiger partial charge in [-0.25, -0.2) is 4.68 Å². The van der Waals surface area contributed by atoms with Crippen LogP contribution in [0.5, 0.6) is 11.5 Å².